The number of anilines is 1. The Labute approximate surface area is 88.5 Å². The number of hydrogen-bond donors (Lipinski definition) is 1. The highest BCUT2D eigenvalue weighted by Crippen LogP contribution is 2.16. The fourth-order valence-corrected chi connectivity index (χ4v) is 1.49. The number of nitrogens with two attached hydrogens (primary N) is 1. The van der Waals surface area contributed by atoms with Gasteiger partial charge in [0.15, 0.2) is 5.76 Å². The fourth-order valence-electron chi connectivity index (χ4n) is 1.49. The maximum atomic E-state index is 11.9. The van der Waals surface area contributed by atoms with Crippen molar-refractivity contribution in [2.45, 2.75) is 12.8 Å². The predicted molar refractivity (Wildman–Crippen MR) is 58.5 cm³/mol. The second kappa shape index (κ2) is 4.17. The number of carbonyl (C=O) groups excluding carboxylic acids is 1. The van der Waals surface area contributed by atoms with Gasteiger partial charge in [0.2, 0.25) is 5.78 Å². The molecule has 0 aromatic heterocycles. The molecule has 3 nitrogen and oxygen atoms in total. The van der Waals surface area contributed by atoms with Crippen molar-refractivity contribution in [2.75, 3.05) is 12.3 Å². The maximum Gasteiger partial charge on any atom is 0.227 e. The van der Waals surface area contributed by atoms with Crippen LogP contribution in [0.2, 0.25) is 0 Å². The largest absolute Gasteiger partial charge is 0.490 e. The van der Waals surface area contributed by atoms with Crippen LogP contribution < -0.4 is 5.73 Å². The molecule has 0 atom stereocenters. The first-order valence-electron chi connectivity index (χ1n) is 5.00. The van der Waals surface area contributed by atoms with Crippen LogP contribution >= 0.6 is 0 Å². The number of allylic oxidation sites excluding steroid dienone is 2. The summed E-state index contributed by atoms with van der Waals surface area (Å²) < 4.78 is 5.30. The molecular weight excluding hydrogens is 190 g/mol. The molecular formula is C12H13NO2. The summed E-state index contributed by atoms with van der Waals surface area (Å²) in [4.78, 5) is 11.9. The van der Waals surface area contributed by atoms with Gasteiger partial charge in [0.25, 0.3) is 0 Å². The van der Waals surface area contributed by atoms with Crippen LogP contribution in [0.4, 0.5) is 5.69 Å². The lowest BCUT2D eigenvalue weighted by molar-refractivity contribution is 0.0899. The molecule has 0 unspecified atom stereocenters. The highest BCUT2D eigenvalue weighted by molar-refractivity contribution is 6.07. The van der Waals surface area contributed by atoms with Gasteiger partial charge >= 0.3 is 0 Å². The average molecular weight is 203 g/mol. The zero-order valence-electron chi connectivity index (χ0n) is 8.40. The van der Waals surface area contributed by atoms with Crippen molar-refractivity contribution in [3.05, 3.63) is 41.7 Å². The van der Waals surface area contributed by atoms with Crippen molar-refractivity contribution in [2.24, 2.45) is 0 Å². The van der Waals surface area contributed by atoms with E-state index in [0.29, 0.717) is 23.6 Å². The van der Waals surface area contributed by atoms with Gasteiger partial charge < -0.3 is 10.5 Å². The molecule has 0 aliphatic carbocycles. The normalized spacial score (nSPS) is 15.3. The Morgan fingerprint density at radius 2 is 2.00 bits per heavy atom. The van der Waals surface area contributed by atoms with Gasteiger partial charge in [-0.1, -0.05) is 0 Å². The van der Waals surface area contributed by atoms with Crippen molar-refractivity contribution in [3.63, 3.8) is 0 Å². The molecule has 2 N–H and O–H groups in total. The van der Waals surface area contributed by atoms with Crippen LogP contribution in [0, 0.1) is 0 Å². The lowest BCUT2D eigenvalue weighted by Gasteiger charge is -2.13. The molecule has 0 fully saturated rings. The zero-order chi connectivity index (χ0) is 10.7. The van der Waals surface area contributed by atoms with Crippen molar-refractivity contribution < 1.29 is 9.53 Å². The quantitative estimate of drug-likeness (QED) is 0.591. The van der Waals surface area contributed by atoms with Crippen LogP contribution in [0.25, 0.3) is 0 Å². The molecule has 2 rings (SSSR count). The van der Waals surface area contributed by atoms with Gasteiger partial charge in [-0.25, -0.2) is 0 Å². The molecule has 0 radical (unpaired) electrons. The van der Waals surface area contributed by atoms with E-state index >= 15 is 0 Å². The summed E-state index contributed by atoms with van der Waals surface area (Å²) in [5.74, 6) is 0.403. The number of nitrogen functional groups attached to an aromatic ring is 1. The number of carbonyl (C=O) groups is 1. The Bertz CT molecular complexity index is 393. The lowest BCUT2D eigenvalue weighted by Crippen LogP contribution is -2.11. The van der Waals surface area contributed by atoms with Crippen molar-refractivity contribution in [1.29, 1.82) is 0 Å². The molecule has 15 heavy (non-hydrogen) atoms. The van der Waals surface area contributed by atoms with Gasteiger partial charge in [0.1, 0.15) is 0 Å². The van der Waals surface area contributed by atoms with E-state index in [1.165, 1.54) is 0 Å². The van der Waals surface area contributed by atoms with Crippen molar-refractivity contribution in [1.82, 2.24) is 0 Å². The van der Waals surface area contributed by atoms with E-state index in [-0.39, 0.29) is 5.78 Å². The van der Waals surface area contributed by atoms with Crippen LogP contribution in [0.15, 0.2) is 36.1 Å². The van der Waals surface area contributed by atoms with E-state index in [1.807, 2.05) is 6.08 Å². The molecule has 0 bridgehead atoms. The number of benzene rings is 1. The highest BCUT2D eigenvalue weighted by Gasteiger charge is 2.15. The van der Waals surface area contributed by atoms with E-state index in [4.69, 9.17) is 10.5 Å². The van der Waals surface area contributed by atoms with E-state index in [0.717, 1.165) is 12.8 Å². The van der Waals surface area contributed by atoms with Gasteiger partial charge in [0, 0.05) is 11.3 Å². The van der Waals surface area contributed by atoms with E-state index in [9.17, 15) is 4.79 Å². The fraction of sp³-hybridized carbons (Fsp3) is 0.250. The summed E-state index contributed by atoms with van der Waals surface area (Å²) in [6.07, 6.45) is 3.75. The second-order valence-electron chi connectivity index (χ2n) is 3.51. The standard InChI is InChI=1S/C12H13NO2/c13-10-6-4-9(5-7-10)12(14)11-3-1-2-8-15-11/h3-7H,1-2,8,13H2. The van der Waals surface area contributed by atoms with E-state index in [2.05, 4.69) is 0 Å². The van der Waals surface area contributed by atoms with Crippen LogP contribution in [-0.4, -0.2) is 12.4 Å². The Morgan fingerprint density at radius 3 is 2.60 bits per heavy atom. The third kappa shape index (κ3) is 2.18. The molecule has 3 heteroatoms. The Kier molecular flexibility index (Phi) is 2.72. The minimum atomic E-state index is -0.0605. The summed E-state index contributed by atoms with van der Waals surface area (Å²) in [7, 11) is 0. The van der Waals surface area contributed by atoms with Gasteiger partial charge in [-0.15, -0.1) is 0 Å². The monoisotopic (exact) mass is 203 g/mol. The molecule has 1 aliphatic heterocycles. The van der Waals surface area contributed by atoms with Gasteiger partial charge in [-0.2, -0.15) is 0 Å². The SMILES string of the molecule is Nc1ccc(C(=O)C2=CCCCO2)cc1. The highest BCUT2D eigenvalue weighted by atomic mass is 16.5. The van der Waals surface area contributed by atoms with Crippen LogP contribution in [-0.2, 0) is 4.74 Å². The molecule has 1 aromatic rings. The second-order valence-corrected chi connectivity index (χ2v) is 3.51. The van der Waals surface area contributed by atoms with Crippen molar-refractivity contribution in [3.8, 4) is 0 Å². The summed E-state index contributed by atoms with van der Waals surface area (Å²) in [5, 5.41) is 0. The van der Waals surface area contributed by atoms with E-state index < -0.39 is 0 Å². The summed E-state index contributed by atoms with van der Waals surface area (Å²) in [6.45, 7) is 0.631. The minimum absolute atomic E-state index is 0.0605. The number of hydrogen-bond acceptors (Lipinski definition) is 3. The summed E-state index contributed by atoms with van der Waals surface area (Å²) in [5.41, 5.74) is 6.83. The first kappa shape index (κ1) is 9.77. The number of ketones is 1. The number of Topliss-reactive ketones (excluding diaryl/α,β-unsaturated/α-hetero) is 1. The van der Waals surface area contributed by atoms with Crippen LogP contribution in [0.3, 0.4) is 0 Å². The molecule has 0 amide bonds. The van der Waals surface area contributed by atoms with Crippen LogP contribution in [0.5, 0.6) is 0 Å². The Morgan fingerprint density at radius 1 is 1.27 bits per heavy atom. The molecule has 0 spiro atoms. The maximum absolute atomic E-state index is 11.9. The number of rotatable bonds is 2. The minimum Gasteiger partial charge on any atom is -0.490 e. The molecule has 1 aromatic carbocycles. The number of ether oxygens (including phenoxy) is 1. The summed E-state index contributed by atoms with van der Waals surface area (Å²) in [6, 6.07) is 6.88. The average Bonchev–Trinajstić information content (AvgIpc) is 2.30. The molecule has 1 heterocycles. The van der Waals surface area contributed by atoms with Gasteiger partial charge in [0.05, 0.1) is 6.61 Å². The molecule has 1 aliphatic rings. The van der Waals surface area contributed by atoms with Gasteiger partial charge in [-0.05, 0) is 43.2 Å². The third-order valence-electron chi connectivity index (χ3n) is 2.33. The third-order valence-corrected chi connectivity index (χ3v) is 2.33. The van der Waals surface area contributed by atoms with Gasteiger partial charge in [-0.3, -0.25) is 4.79 Å². The smallest absolute Gasteiger partial charge is 0.227 e. The molecule has 0 saturated carbocycles. The zero-order valence-corrected chi connectivity index (χ0v) is 8.40. The van der Waals surface area contributed by atoms with Crippen molar-refractivity contribution >= 4 is 11.5 Å². The first-order chi connectivity index (χ1) is 7.27. The molecule has 0 saturated heterocycles. The first-order valence-corrected chi connectivity index (χ1v) is 5.00. The van der Waals surface area contributed by atoms with E-state index in [1.54, 1.807) is 24.3 Å². The summed E-state index contributed by atoms with van der Waals surface area (Å²) >= 11 is 0. The lowest BCUT2D eigenvalue weighted by atomic mass is 10.1. The topological polar surface area (TPSA) is 52.3 Å². The van der Waals surface area contributed by atoms with Crippen LogP contribution in [0.1, 0.15) is 23.2 Å². The Hall–Kier alpha value is -1.77. The molecule has 78 valence electrons. The predicted octanol–water partition coefficient (Wildman–Crippen LogP) is 2.15. The Balaban J connectivity index is 2.20.